The van der Waals surface area contributed by atoms with Crippen molar-refractivity contribution in [3.05, 3.63) is 52.3 Å². The van der Waals surface area contributed by atoms with Gasteiger partial charge in [-0.15, -0.1) is 0 Å². The number of aryl methyl sites for hydroxylation is 1. The number of sulfonamides is 1. The molecule has 0 saturated carbocycles. The molecule has 0 radical (unpaired) electrons. The molecule has 0 unspecified atom stereocenters. The number of aromatic nitrogens is 1. The molecule has 2 aromatic rings. The third-order valence-corrected chi connectivity index (χ3v) is 4.65. The Hall–Kier alpha value is -2.45. The van der Waals surface area contributed by atoms with Gasteiger partial charge >= 0.3 is 0 Å². The van der Waals surface area contributed by atoms with E-state index in [1.165, 1.54) is 19.1 Å². The monoisotopic (exact) mass is 349 g/mol. The van der Waals surface area contributed by atoms with Gasteiger partial charge in [-0.3, -0.25) is 9.59 Å². The van der Waals surface area contributed by atoms with Crippen LogP contribution in [0.2, 0.25) is 0 Å². The quantitative estimate of drug-likeness (QED) is 0.706. The molecule has 24 heavy (non-hydrogen) atoms. The van der Waals surface area contributed by atoms with Gasteiger partial charge in [0.2, 0.25) is 10.0 Å². The van der Waals surface area contributed by atoms with E-state index in [2.05, 4.69) is 10.3 Å². The van der Waals surface area contributed by atoms with Crippen LogP contribution in [0, 0.1) is 13.8 Å². The second kappa shape index (κ2) is 6.58. The Labute approximate surface area is 140 Å². The summed E-state index contributed by atoms with van der Waals surface area (Å²) in [7, 11) is -3.73. The molecule has 0 aliphatic heterocycles. The smallest absolute Gasteiger partial charge is 0.268 e. The van der Waals surface area contributed by atoms with Gasteiger partial charge in [-0.25, -0.2) is 13.6 Å². The summed E-state index contributed by atoms with van der Waals surface area (Å²) in [4.78, 5) is 26.8. The topological polar surface area (TPSA) is 122 Å². The molecule has 7 nitrogen and oxygen atoms in total. The molecule has 0 bridgehead atoms. The number of carbonyl (C=O) groups excluding carboxylic acids is 2. The molecule has 1 aromatic carbocycles. The number of ketones is 1. The molecule has 8 heteroatoms. The van der Waals surface area contributed by atoms with Crippen molar-refractivity contribution in [3.63, 3.8) is 0 Å². The van der Waals surface area contributed by atoms with Gasteiger partial charge in [-0.05, 0) is 44.0 Å². The van der Waals surface area contributed by atoms with Gasteiger partial charge in [0, 0.05) is 17.8 Å². The van der Waals surface area contributed by atoms with Gasteiger partial charge in [-0.2, -0.15) is 0 Å². The number of amides is 1. The van der Waals surface area contributed by atoms with E-state index in [1.807, 2.05) is 0 Å². The highest BCUT2D eigenvalue weighted by Gasteiger charge is 2.19. The van der Waals surface area contributed by atoms with Crippen molar-refractivity contribution in [3.8, 4) is 0 Å². The van der Waals surface area contributed by atoms with E-state index in [9.17, 15) is 18.0 Å². The highest BCUT2D eigenvalue weighted by atomic mass is 32.2. The minimum absolute atomic E-state index is 0.0134. The highest BCUT2D eigenvalue weighted by Crippen LogP contribution is 2.18. The number of hydrogen-bond donors (Lipinski definition) is 3. The Morgan fingerprint density at radius 1 is 1.17 bits per heavy atom. The first-order chi connectivity index (χ1) is 11.1. The number of benzene rings is 1. The van der Waals surface area contributed by atoms with Crippen molar-refractivity contribution in [1.29, 1.82) is 0 Å². The van der Waals surface area contributed by atoms with Crippen LogP contribution in [0.25, 0.3) is 0 Å². The number of nitrogens with two attached hydrogens (primary N) is 1. The van der Waals surface area contributed by atoms with Crippen LogP contribution in [0.5, 0.6) is 0 Å². The summed E-state index contributed by atoms with van der Waals surface area (Å²) >= 11 is 0. The minimum Gasteiger partial charge on any atom is -0.354 e. The Kier molecular flexibility index (Phi) is 4.91. The number of hydrogen-bond acceptors (Lipinski definition) is 4. The lowest BCUT2D eigenvalue weighted by Crippen LogP contribution is -2.24. The molecule has 0 aliphatic rings. The zero-order valence-electron chi connectivity index (χ0n) is 13.6. The van der Waals surface area contributed by atoms with Gasteiger partial charge in [0.25, 0.3) is 5.91 Å². The summed E-state index contributed by atoms with van der Waals surface area (Å²) in [5, 5.41) is 7.76. The molecular formula is C16H19N3O4S. The van der Waals surface area contributed by atoms with E-state index in [0.29, 0.717) is 22.5 Å². The fourth-order valence-electron chi connectivity index (χ4n) is 2.57. The van der Waals surface area contributed by atoms with Crippen molar-refractivity contribution in [2.24, 2.45) is 5.14 Å². The summed E-state index contributed by atoms with van der Waals surface area (Å²) in [5.41, 5.74) is 2.87. The maximum Gasteiger partial charge on any atom is 0.268 e. The van der Waals surface area contributed by atoms with E-state index in [1.54, 1.807) is 26.0 Å². The molecule has 0 fully saturated rings. The Bertz CT molecular complexity index is 896. The largest absolute Gasteiger partial charge is 0.354 e. The first-order valence-electron chi connectivity index (χ1n) is 7.21. The predicted molar refractivity (Wildman–Crippen MR) is 89.3 cm³/mol. The zero-order chi connectivity index (χ0) is 18.1. The molecule has 1 heterocycles. The summed E-state index contributed by atoms with van der Waals surface area (Å²) < 4.78 is 22.4. The van der Waals surface area contributed by atoms with Crippen molar-refractivity contribution in [2.45, 2.75) is 32.2 Å². The Morgan fingerprint density at radius 3 is 2.21 bits per heavy atom. The molecule has 4 N–H and O–H groups in total. The number of nitrogens with one attached hydrogen (secondary N) is 2. The van der Waals surface area contributed by atoms with Crippen LogP contribution >= 0.6 is 0 Å². The first kappa shape index (κ1) is 17.9. The molecule has 128 valence electrons. The number of rotatable bonds is 5. The number of Topliss-reactive ketones (excluding diaryl/α,β-unsaturated/α-hetero) is 1. The molecule has 0 saturated heterocycles. The normalized spacial score (nSPS) is 11.3. The average molecular weight is 349 g/mol. The van der Waals surface area contributed by atoms with Gasteiger partial charge < -0.3 is 10.3 Å². The SMILES string of the molecule is CC(=O)c1c(C)[nH]c(C(=O)NCc2ccc(S(N)(=O)=O)cc2)c1C. The van der Waals surface area contributed by atoms with Gasteiger partial charge in [0.15, 0.2) is 5.78 Å². The molecule has 1 aromatic heterocycles. The van der Waals surface area contributed by atoms with Crippen LogP contribution in [-0.4, -0.2) is 25.1 Å². The molecule has 2 rings (SSSR count). The van der Waals surface area contributed by atoms with E-state index in [0.717, 1.165) is 5.56 Å². The second-order valence-electron chi connectivity index (χ2n) is 5.55. The van der Waals surface area contributed by atoms with Crippen molar-refractivity contribution >= 4 is 21.7 Å². The van der Waals surface area contributed by atoms with Gasteiger partial charge in [-0.1, -0.05) is 12.1 Å². The fourth-order valence-corrected chi connectivity index (χ4v) is 3.09. The number of H-pyrrole nitrogens is 1. The lowest BCUT2D eigenvalue weighted by atomic mass is 10.1. The van der Waals surface area contributed by atoms with E-state index in [4.69, 9.17) is 5.14 Å². The van der Waals surface area contributed by atoms with Crippen LogP contribution in [-0.2, 0) is 16.6 Å². The lowest BCUT2D eigenvalue weighted by Gasteiger charge is -2.06. The third-order valence-electron chi connectivity index (χ3n) is 3.72. The van der Waals surface area contributed by atoms with Crippen LogP contribution in [0.4, 0.5) is 0 Å². The van der Waals surface area contributed by atoms with Crippen LogP contribution < -0.4 is 10.5 Å². The van der Waals surface area contributed by atoms with E-state index < -0.39 is 10.0 Å². The molecule has 0 spiro atoms. The Balaban J connectivity index is 2.11. The predicted octanol–water partition coefficient (Wildman–Crippen LogP) is 1.41. The standard InChI is InChI=1S/C16H19N3O4S/c1-9-14(11(3)20)10(2)19-15(9)16(21)18-8-12-4-6-13(7-5-12)24(17,22)23/h4-7,19H,8H2,1-3H3,(H,18,21)(H2,17,22,23). The number of primary sulfonamides is 1. The average Bonchev–Trinajstić information content (AvgIpc) is 2.79. The van der Waals surface area contributed by atoms with Crippen LogP contribution in [0.15, 0.2) is 29.2 Å². The third kappa shape index (κ3) is 3.72. The van der Waals surface area contributed by atoms with Crippen LogP contribution in [0.1, 0.15) is 44.6 Å². The second-order valence-corrected chi connectivity index (χ2v) is 7.11. The molecule has 1 amide bonds. The zero-order valence-corrected chi connectivity index (χ0v) is 14.5. The maximum atomic E-state index is 12.3. The molecule has 0 aliphatic carbocycles. The number of aromatic amines is 1. The van der Waals surface area contributed by atoms with Crippen molar-refractivity contribution in [2.75, 3.05) is 0 Å². The van der Waals surface area contributed by atoms with Crippen molar-refractivity contribution < 1.29 is 18.0 Å². The highest BCUT2D eigenvalue weighted by molar-refractivity contribution is 7.89. The fraction of sp³-hybridized carbons (Fsp3) is 0.250. The maximum absolute atomic E-state index is 12.3. The number of carbonyl (C=O) groups is 2. The van der Waals surface area contributed by atoms with Gasteiger partial charge in [0.1, 0.15) is 5.69 Å². The summed E-state index contributed by atoms with van der Waals surface area (Å²) in [6, 6.07) is 5.92. The molecular weight excluding hydrogens is 330 g/mol. The summed E-state index contributed by atoms with van der Waals surface area (Å²) in [6.45, 7) is 5.14. The molecule has 0 atom stereocenters. The van der Waals surface area contributed by atoms with Gasteiger partial charge in [0.05, 0.1) is 4.90 Å². The summed E-state index contributed by atoms with van der Waals surface area (Å²) in [6.07, 6.45) is 0. The van der Waals surface area contributed by atoms with E-state index in [-0.39, 0.29) is 23.1 Å². The van der Waals surface area contributed by atoms with E-state index >= 15 is 0 Å². The Morgan fingerprint density at radius 2 is 1.75 bits per heavy atom. The van der Waals surface area contributed by atoms with Crippen molar-refractivity contribution in [1.82, 2.24) is 10.3 Å². The minimum atomic E-state index is -3.73. The van der Waals surface area contributed by atoms with Crippen LogP contribution in [0.3, 0.4) is 0 Å². The first-order valence-corrected chi connectivity index (χ1v) is 8.76. The lowest BCUT2D eigenvalue weighted by molar-refractivity contribution is 0.0945. The summed E-state index contributed by atoms with van der Waals surface area (Å²) in [5.74, 6) is -0.433.